The molecule has 0 radical (unpaired) electrons. The second-order valence-electron chi connectivity index (χ2n) is 15.3. The van der Waals surface area contributed by atoms with Crippen LogP contribution < -0.4 is 29.0 Å². The Balaban J connectivity index is 1.33. The van der Waals surface area contributed by atoms with Crippen LogP contribution >= 0.6 is 11.8 Å². The summed E-state index contributed by atoms with van der Waals surface area (Å²) >= 11 is 1.46. The number of thioether (sulfide) groups is 1. The highest BCUT2D eigenvalue weighted by molar-refractivity contribution is 7.99. The van der Waals surface area contributed by atoms with Crippen LogP contribution in [0, 0.1) is 13.8 Å². The predicted molar refractivity (Wildman–Crippen MR) is 204 cm³/mol. The van der Waals surface area contributed by atoms with Crippen molar-refractivity contribution in [2.24, 2.45) is 0 Å². The number of ether oxygens (including phenoxy) is 6. The van der Waals surface area contributed by atoms with Gasteiger partial charge >= 0.3 is 11.9 Å². The monoisotopic (exact) mass is 787 g/mol. The van der Waals surface area contributed by atoms with Crippen molar-refractivity contribution in [3.63, 3.8) is 0 Å². The molecule has 7 atom stereocenters. The number of phenolic OH excluding ortho intramolecular Hbond substituents is 2. The second kappa shape index (κ2) is 13.5. The van der Waals surface area contributed by atoms with Crippen LogP contribution in [0.15, 0.2) is 30.9 Å². The molecule has 0 aliphatic carbocycles. The van der Waals surface area contributed by atoms with Crippen LogP contribution in [0.2, 0.25) is 0 Å². The second-order valence-corrected chi connectivity index (χ2v) is 16.4. The number of aliphatic hydroxyl groups excluding tert-OH is 1. The van der Waals surface area contributed by atoms with Gasteiger partial charge < -0.3 is 43.7 Å². The van der Waals surface area contributed by atoms with E-state index in [-0.39, 0.29) is 36.4 Å². The Morgan fingerprint density at radius 3 is 2.59 bits per heavy atom. The molecule has 2 fully saturated rings. The standard InChI is InChI=1S/C41H45N3O11S/c1-7-10-43-24-12-22-11-18(2)34(51-6)33(47)28(22)31(43)32-38-30-29(37-36(53-17-54-37)19(3)35(30)55-20(4)45)25(44(32)39(24)48)15-52-40(49)41(16-56-38)23-14-27(50-5)26(46)13-21(23)8-9-42-41/h7,11,13-14,24-25,31-32,38-39,42,46-48H,1,8-10,12,15-17H2,2-6H3/t24-,25+,31+,32?,38-,39+,41-/m1/s1. The quantitative estimate of drug-likeness (QED) is 0.167. The van der Waals surface area contributed by atoms with Gasteiger partial charge in [0.05, 0.1) is 37.6 Å². The summed E-state index contributed by atoms with van der Waals surface area (Å²) in [6.07, 6.45) is 1.69. The molecule has 1 unspecified atom stereocenters. The molecule has 296 valence electrons. The summed E-state index contributed by atoms with van der Waals surface area (Å²) in [5.41, 5.74) is 4.24. The van der Waals surface area contributed by atoms with Crippen LogP contribution in [0.3, 0.4) is 0 Å². The lowest BCUT2D eigenvalue weighted by Gasteiger charge is -2.62. The van der Waals surface area contributed by atoms with E-state index in [1.807, 2.05) is 24.8 Å². The number of aryl methyl sites for hydroxylation is 1. The minimum absolute atomic E-state index is 0.0225. The lowest BCUT2D eigenvalue weighted by atomic mass is 9.72. The summed E-state index contributed by atoms with van der Waals surface area (Å²) < 4.78 is 36.1. The summed E-state index contributed by atoms with van der Waals surface area (Å²) in [6.45, 7) is 9.69. The largest absolute Gasteiger partial charge is 0.504 e. The zero-order valence-electron chi connectivity index (χ0n) is 31.8. The van der Waals surface area contributed by atoms with Crippen molar-refractivity contribution in [2.75, 3.05) is 46.5 Å². The van der Waals surface area contributed by atoms with E-state index >= 15 is 0 Å². The van der Waals surface area contributed by atoms with Crippen LogP contribution in [-0.4, -0.2) is 102 Å². The maximum atomic E-state index is 14.8. The van der Waals surface area contributed by atoms with Gasteiger partial charge in [-0.25, -0.2) is 4.79 Å². The minimum Gasteiger partial charge on any atom is -0.504 e. The van der Waals surface area contributed by atoms with Gasteiger partial charge in [0.25, 0.3) is 0 Å². The third-order valence-electron chi connectivity index (χ3n) is 12.4. The van der Waals surface area contributed by atoms with Crippen LogP contribution in [0.1, 0.15) is 68.8 Å². The van der Waals surface area contributed by atoms with Gasteiger partial charge in [0.15, 0.2) is 40.0 Å². The molecule has 7 aliphatic rings. The number of rotatable bonds is 5. The van der Waals surface area contributed by atoms with Crippen LogP contribution in [-0.2, 0) is 32.7 Å². The zero-order chi connectivity index (χ0) is 39.4. The Kier molecular flexibility index (Phi) is 8.89. The Morgan fingerprint density at radius 1 is 1.07 bits per heavy atom. The van der Waals surface area contributed by atoms with E-state index < -0.39 is 53.1 Å². The first kappa shape index (κ1) is 36.9. The van der Waals surface area contributed by atoms with Gasteiger partial charge in [-0.05, 0) is 61.1 Å². The molecule has 0 amide bonds. The topological polar surface area (TPSA) is 169 Å². The average molecular weight is 788 g/mol. The number of methoxy groups -OCH3 is 2. The molecular formula is C41H45N3O11S. The van der Waals surface area contributed by atoms with Crippen molar-refractivity contribution in [3.8, 4) is 40.2 Å². The number of carbonyl (C=O) groups excluding carboxylic acids is 2. The van der Waals surface area contributed by atoms with Crippen LogP contribution in [0.5, 0.6) is 40.2 Å². The summed E-state index contributed by atoms with van der Waals surface area (Å²) in [5, 5.41) is 38.5. The number of nitrogens with one attached hydrogen (secondary N) is 1. The average Bonchev–Trinajstić information content (AvgIpc) is 3.66. The lowest BCUT2D eigenvalue weighted by molar-refractivity contribution is -0.189. The van der Waals surface area contributed by atoms with E-state index in [0.29, 0.717) is 76.7 Å². The molecule has 7 aliphatic heterocycles. The summed E-state index contributed by atoms with van der Waals surface area (Å²) in [7, 11) is 2.99. The van der Waals surface area contributed by atoms with Gasteiger partial charge in [-0.1, -0.05) is 12.1 Å². The fourth-order valence-electron chi connectivity index (χ4n) is 10.2. The third-order valence-corrected chi connectivity index (χ3v) is 13.9. The van der Waals surface area contributed by atoms with Gasteiger partial charge in [0.2, 0.25) is 6.79 Å². The van der Waals surface area contributed by atoms with Crippen molar-refractivity contribution < 1.29 is 53.3 Å². The summed E-state index contributed by atoms with van der Waals surface area (Å²) in [4.78, 5) is 31.9. The predicted octanol–water partition coefficient (Wildman–Crippen LogP) is 3.97. The van der Waals surface area contributed by atoms with Crippen molar-refractivity contribution in [2.45, 2.75) is 74.8 Å². The molecule has 4 N–H and O–H groups in total. The fourth-order valence-corrected chi connectivity index (χ4v) is 11.9. The first-order valence-corrected chi connectivity index (χ1v) is 19.8. The van der Waals surface area contributed by atoms with E-state index in [1.165, 1.54) is 32.9 Å². The number of esters is 2. The number of hydrogen-bond donors (Lipinski definition) is 4. The van der Waals surface area contributed by atoms with Crippen molar-refractivity contribution in [3.05, 3.63) is 75.4 Å². The molecular weight excluding hydrogens is 743 g/mol. The van der Waals surface area contributed by atoms with Gasteiger partial charge in [0.1, 0.15) is 18.6 Å². The number of benzene rings is 3. The third kappa shape index (κ3) is 5.10. The first-order chi connectivity index (χ1) is 26.9. The smallest absolute Gasteiger partial charge is 0.331 e. The van der Waals surface area contributed by atoms with Gasteiger partial charge in [0, 0.05) is 54.1 Å². The Hall–Kier alpha value is -4.67. The molecule has 3 aromatic carbocycles. The molecule has 15 heteroatoms. The minimum atomic E-state index is -1.38. The van der Waals surface area contributed by atoms with Gasteiger partial charge in [-0.2, -0.15) is 0 Å². The molecule has 4 bridgehead atoms. The van der Waals surface area contributed by atoms with Crippen molar-refractivity contribution in [1.29, 1.82) is 0 Å². The summed E-state index contributed by atoms with van der Waals surface area (Å²) in [5.74, 6) is 0.846. The number of hydrogen-bond acceptors (Lipinski definition) is 15. The number of carbonyl (C=O) groups is 2. The maximum absolute atomic E-state index is 14.8. The van der Waals surface area contributed by atoms with Crippen LogP contribution in [0.25, 0.3) is 0 Å². The fraction of sp³-hybridized carbons (Fsp3) is 0.463. The summed E-state index contributed by atoms with van der Waals surface area (Å²) in [6, 6.07) is 2.96. The molecule has 0 saturated carbocycles. The highest BCUT2D eigenvalue weighted by atomic mass is 32.2. The van der Waals surface area contributed by atoms with E-state index in [1.54, 1.807) is 18.2 Å². The molecule has 2 saturated heterocycles. The molecule has 0 aromatic heterocycles. The Bertz CT molecular complexity index is 2200. The number of piperazine rings is 1. The number of nitrogens with zero attached hydrogens (tertiary/aromatic N) is 2. The Morgan fingerprint density at radius 2 is 1.86 bits per heavy atom. The maximum Gasteiger partial charge on any atom is 0.331 e. The molecule has 14 nitrogen and oxygen atoms in total. The van der Waals surface area contributed by atoms with Gasteiger partial charge in [-0.15, -0.1) is 18.3 Å². The van der Waals surface area contributed by atoms with E-state index in [9.17, 15) is 24.9 Å². The molecule has 10 rings (SSSR count). The highest BCUT2D eigenvalue weighted by Crippen LogP contribution is 2.64. The van der Waals surface area contributed by atoms with Crippen LogP contribution in [0.4, 0.5) is 0 Å². The van der Waals surface area contributed by atoms with E-state index in [0.717, 1.165) is 16.7 Å². The molecule has 56 heavy (non-hydrogen) atoms. The number of phenols is 2. The first-order valence-electron chi connectivity index (χ1n) is 18.8. The molecule has 3 aromatic rings. The number of aliphatic hydroxyl groups is 1. The zero-order valence-corrected chi connectivity index (χ0v) is 32.7. The van der Waals surface area contributed by atoms with Crippen molar-refractivity contribution in [1.82, 2.24) is 15.1 Å². The highest BCUT2D eigenvalue weighted by Gasteiger charge is 2.62. The van der Waals surface area contributed by atoms with E-state index in [2.05, 4.69) is 16.8 Å². The number of aromatic hydroxyl groups is 2. The number of fused-ring (bicyclic) bond motifs is 9. The van der Waals surface area contributed by atoms with Crippen molar-refractivity contribution >= 4 is 23.7 Å². The molecule has 7 heterocycles. The van der Waals surface area contributed by atoms with E-state index in [4.69, 9.17) is 28.4 Å². The van der Waals surface area contributed by atoms with Gasteiger partial charge in [-0.3, -0.25) is 19.9 Å². The normalized spacial score (nSPS) is 28.7. The Labute approximate surface area is 328 Å². The molecule has 1 spiro atoms. The SMILES string of the molecule is C=CCN1[C@@H]2Cc3cc(C)c(OC)c(O)c3[C@H]1C1[C@@H]3SC[C@]4(NCCc5cc(O)c(OC)cc54)C(=O)OC[C@@H](c4c5c(c(C)c(OC(C)=O)c43)OCO5)N1[C@H]2O. The lowest BCUT2D eigenvalue weighted by Crippen LogP contribution is -2.70.